The van der Waals surface area contributed by atoms with Gasteiger partial charge in [0.1, 0.15) is 5.75 Å². The molecule has 5 nitrogen and oxygen atoms in total. The van der Waals surface area contributed by atoms with Gasteiger partial charge in [-0.3, -0.25) is 5.43 Å². The summed E-state index contributed by atoms with van der Waals surface area (Å²) in [4.78, 5) is 2.12. The van der Waals surface area contributed by atoms with E-state index in [0.29, 0.717) is 11.7 Å². The lowest BCUT2D eigenvalue weighted by Crippen LogP contribution is -2.32. The molecule has 0 heterocycles. The lowest BCUT2D eigenvalue weighted by molar-refractivity contribution is 0.415. The van der Waals surface area contributed by atoms with E-state index < -0.39 is 0 Å². The van der Waals surface area contributed by atoms with Gasteiger partial charge in [-0.05, 0) is 50.1 Å². The number of nitrogens with one attached hydrogen (secondary N) is 2. The van der Waals surface area contributed by atoms with Crippen LogP contribution in [0.2, 0.25) is 0 Å². The predicted octanol–water partition coefficient (Wildman–Crippen LogP) is 2.67. The minimum absolute atomic E-state index is 0.482. The second kappa shape index (κ2) is 11.4. The first-order valence-electron chi connectivity index (χ1n) is 7.73. The van der Waals surface area contributed by atoms with Crippen molar-refractivity contribution in [2.45, 2.75) is 6.42 Å². The number of hydrogen-bond acceptors (Lipinski definition) is 4. The molecule has 0 atom stereocenters. The number of thiocarbonyl (C=S) groups is 1. The average molecular weight is 347 g/mol. The van der Waals surface area contributed by atoms with E-state index >= 15 is 0 Å². The highest BCUT2D eigenvalue weighted by Gasteiger charge is 1.99. The van der Waals surface area contributed by atoms with E-state index in [4.69, 9.17) is 17.0 Å². The molecule has 1 aromatic carbocycles. The molecule has 0 spiro atoms. The van der Waals surface area contributed by atoms with Gasteiger partial charge in [-0.1, -0.05) is 24.3 Å². The topological polar surface area (TPSA) is 48.9 Å². The second-order valence-electron chi connectivity index (χ2n) is 5.37. The molecule has 0 amide bonds. The number of hydrogen-bond donors (Lipinski definition) is 2. The summed E-state index contributed by atoms with van der Waals surface area (Å²) < 4.78 is 5.17. The van der Waals surface area contributed by atoms with Crippen LogP contribution in [-0.2, 0) is 0 Å². The van der Waals surface area contributed by atoms with Crippen molar-refractivity contribution in [2.24, 2.45) is 5.10 Å². The quantitative estimate of drug-likeness (QED) is 0.312. The second-order valence-corrected chi connectivity index (χ2v) is 5.78. The first kappa shape index (κ1) is 19.9. The van der Waals surface area contributed by atoms with E-state index in [-0.39, 0.29) is 0 Å². The smallest absolute Gasteiger partial charge is 0.187 e. The molecule has 0 fully saturated rings. The fraction of sp³-hybridized carbons (Fsp3) is 0.333. The molecule has 130 valence electrons. The Kier molecular flexibility index (Phi) is 9.41. The zero-order valence-corrected chi connectivity index (χ0v) is 15.4. The zero-order valence-electron chi connectivity index (χ0n) is 14.6. The van der Waals surface area contributed by atoms with Crippen LogP contribution in [0.1, 0.15) is 12.0 Å². The van der Waals surface area contributed by atoms with Gasteiger partial charge < -0.3 is 15.0 Å². The first-order chi connectivity index (χ1) is 11.5. The maximum absolute atomic E-state index is 5.17. The predicted molar refractivity (Wildman–Crippen MR) is 107 cm³/mol. The molecule has 0 unspecified atom stereocenters. The van der Waals surface area contributed by atoms with Crippen LogP contribution >= 0.6 is 12.2 Å². The summed E-state index contributed by atoms with van der Waals surface area (Å²) in [6.07, 6.45) is 6.58. The Morgan fingerprint density at radius 1 is 1.33 bits per heavy atom. The normalized spacial score (nSPS) is 11.6. The number of allylic oxidation sites excluding steroid dienone is 1. The van der Waals surface area contributed by atoms with Gasteiger partial charge in [0.2, 0.25) is 0 Å². The van der Waals surface area contributed by atoms with Crippen LogP contribution in [0.3, 0.4) is 0 Å². The number of benzene rings is 1. The maximum atomic E-state index is 5.17. The fourth-order valence-electron chi connectivity index (χ4n) is 1.75. The van der Waals surface area contributed by atoms with Crippen LogP contribution in [0.15, 0.2) is 48.1 Å². The molecule has 1 rings (SSSR count). The van der Waals surface area contributed by atoms with E-state index in [2.05, 4.69) is 27.3 Å². The Morgan fingerprint density at radius 2 is 2.04 bits per heavy atom. The van der Waals surface area contributed by atoms with Crippen molar-refractivity contribution < 1.29 is 4.74 Å². The molecule has 0 saturated heterocycles. The molecule has 6 heteroatoms. The Balaban J connectivity index is 2.73. The molecule has 0 bridgehead atoms. The van der Waals surface area contributed by atoms with E-state index in [1.807, 2.05) is 50.5 Å². The molecular weight excluding hydrogens is 320 g/mol. The van der Waals surface area contributed by atoms with Crippen molar-refractivity contribution >= 4 is 29.1 Å². The summed E-state index contributed by atoms with van der Waals surface area (Å²) in [5.74, 6) is 0.842. The number of ether oxygens (including phenoxy) is 1. The van der Waals surface area contributed by atoms with Gasteiger partial charge in [0.15, 0.2) is 5.11 Å². The summed E-state index contributed by atoms with van der Waals surface area (Å²) in [6, 6.07) is 7.87. The fourth-order valence-corrected chi connectivity index (χ4v) is 1.88. The summed E-state index contributed by atoms with van der Waals surface area (Å²) in [7, 11) is 5.73. The summed E-state index contributed by atoms with van der Waals surface area (Å²) >= 11 is 5.15. The van der Waals surface area contributed by atoms with Gasteiger partial charge in [0.05, 0.1) is 12.8 Å². The van der Waals surface area contributed by atoms with Gasteiger partial charge >= 0.3 is 0 Å². The lowest BCUT2D eigenvalue weighted by atomic mass is 10.1. The molecule has 0 aliphatic rings. The highest BCUT2D eigenvalue weighted by Crippen LogP contribution is 2.12. The van der Waals surface area contributed by atoms with Crippen LogP contribution < -0.4 is 15.5 Å². The van der Waals surface area contributed by atoms with Crippen molar-refractivity contribution in [3.05, 3.63) is 48.6 Å². The minimum atomic E-state index is 0.482. The monoisotopic (exact) mass is 346 g/mol. The van der Waals surface area contributed by atoms with Crippen molar-refractivity contribution in [3.8, 4) is 5.75 Å². The third-order valence-corrected chi connectivity index (χ3v) is 3.34. The number of nitrogens with zero attached hydrogens (tertiary/aromatic N) is 2. The van der Waals surface area contributed by atoms with Crippen LogP contribution in [0, 0.1) is 0 Å². The van der Waals surface area contributed by atoms with Gasteiger partial charge in [-0.25, -0.2) is 0 Å². The lowest BCUT2D eigenvalue weighted by Gasteiger charge is -2.10. The Hall–Kier alpha value is -2.18. The summed E-state index contributed by atoms with van der Waals surface area (Å²) in [6.45, 7) is 5.15. The molecule has 0 saturated carbocycles. The molecule has 0 aliphatic carbocycles. The van der Waals surface area contributed by atoms with Crippen LogP contribution in [0.4, 0.5) is 0 Å². The zero-order chi connectivity index (χ0) is 17.8. The largest absolute Gasteiger partial charge is 0.497 e. The van der Waals surface area contributed by atoms with Crippen LogP contribution in [0.5, 0.6) is 5.75 Å². The molecule has 1 aromatic rings. The SMILES string of the molecule is C=CCNC(=S)N/N=C(/C=C/c1ccc(OC)cc1)CCN(C)C. The molecule has 0 aromatic heterocycles. The molecular formula is C18H26N4OS. The Bertz CT molecular complexity index is 579. The van der Waals surface area contributed by atoms with E-state index in [0.717, 1.165) is 30.0 Å². The molecule has 0 radical (unpaired) electrons. The van der Waals surface area contributed by atoms with Gasteiger partial charge in [-0.15, -0.1) is 6.58 Å². The van der Waals surface area contributed by atoms with Crippen molar-refractivity contribution in [1.82, 2.24) is 15.6 Å². The highest BCUT2D eigenvalue weighted by atomic mass is 32.1. The molecule has 24 heavy (non-hydrogen) atoms. The van der Waals surface area contributed by atoms with Crippen molar-refractivity contribution in [2.75, 3.05) is 34.3 Å². The first-order valence-corrected chi connectivity index (χ1v) is 8.14. The summed E-state index contributed by atoms with van der Waals surface area (Å²) in [5.41, 5.74) is 4.87. The minimum Gasteiger partial charge on any atom is -0.497 e. The van der Waals surface area contributed by atoms with E-state index in [1.54, 1.807) is 13.2 Å². The van der Waals surface area contributed by atoms with Crippen LogP contribution in [0.25, 0.3) is 6.08 Å². The van der Waals surface area contributed by atoms with E-state index in [9.17, 15) is 0 Å². The summed E-state index contributed by atoms with van der Waals surface area (Å²) in [5, 5.41) is 7.86. The number of hydrazone groups is 1. The van der Waals surface area contributed by atoms with Crippen molar-refractivity contribution in [1.29, 1.82) is 0 Å². The molecule has 2 N–H and O–H groups in total. The number of rotatable bonds is 9. The van der Waals surface area contributed by atoms with Crippen molar-refractivity contribution in [3.63, 3.8) is 0 Å². The number of methoxy groups -OCH3 is 1. The third kappa shape index (κ3) is 8.45. The van der Waals surface area contributed by atoms with Gasteiger partial charge in [0, 0.05) is 19.5 Å². The maximum Gasteiger partial charge on any atom is 0.187 e. The third-order valence-electron chi connectivity index (χ3n) is 3.11. The van der Waals surface area contributed by atoms with E-state index in [1.165, 1.54) is 0 Å². The standard InChI is InChI=1S/C18H26N4OS/c1-5-13-19-18(24)21-20-16(12-14-22(2)3)9-6-15-7-10-17(23-4)11-8-15/h5-11H,1,12-14H2,2-4H3,(H2,19,21,24)/b9-6+,20-16-. The Labute approximate surface area is 150 Å². The molecule has 0 aliphatic heterocycles. The highest BCUT2D eigenvalue weighted by molar-refractivity contribution is 7.80. The van der Waals surface area contributed by atoms with Crippen LogP contribution in [-0.4, -0.2) is 50.0 Å². The average Bonchev–Trinajstić information content (AvgIpc) is 2.59. The van der Waals surface area contributed by atoms with Gasteiger partial charge in [-0.2, -0.15) is 5.10 Å². The Morgan fingerprint density at radius 3 is 2.62 bits per heavy atom. The van der Waals surface area contributed by atoms with Gasteiger partial charge in [0.25, 0.3) is 0 Å².